The van der Waals surface area contributed by atoms with Gasteiger partial charge < -0.3 is 89.5 Å². The Morgan fingerprint density at radius 1 is 0.463 bits per heavy atom. The van der Waals surface area contributed by atoms with Gasteiger partial charge in [-0.3, -0.25) is 18.6 Å². The van der Waals surface area contributed by atoms with E-state index in [1.54, 1.807) is 0 Å². The minimum atomic E-state index is -5.64. The Bertz CT molecular complexity index is 1640. The maximum absolute atomic E-state index is 14.0. The topological polar surface area (TPSA) is 368 Å². The molecule has 1 aliphatic carbocycles. The zero-order valence-corrected chi connectivity index (χ0v) is 48.5. The number of aliphatic hydroxyl groups is 11. The molecule has 0 radical (unpaired) electrons. The standard InChI is InChI=1S/C56H103O23P/c1-3-5-7-9-11-13-15-17-19-21-22-24-26-28-30-32-41(59)72-36-38(74-42(60)33-31-29-27-25-23-20-18-16-14-12-10-8-6-4-2)37-73-80(70,71)79-54-52(77-55-50(68)45(63)43(61)39(34-57)75-55)48(66)47(65)49(67)53(54)78-56-51(69)46(64)44(62)40(35-58)76-56/h20,23,38-40,43-58,61-69H,3-19,21-22,24-37H2,1-2H3,(H,70,71). The van der Waals surface area contributed by atoms with Crippen molar-refractivity contribution in [3.05, 3.63) is 12.2 Å². The van der Waals surface area contributed by atoms with Crippen LogP contribution >= 0.6 is 7.82 Å². The smallest absolute Gasteiger partial charge is 0.462 e. The highest BCUT2D eigenvalue weighted by Crippen LogP contribution is 2.49. The molecule has 3 fully saturated rings. The third-order valence-corrected chi connectivity index (χ3v) is 16.1. The molecule has 2 saturated heterocycles. The largest absolute Gasteiger partial charge is 0.472 e. The van der Waals surface area contributed by atoms with Crippen molar-refractivity contribution in [3.8, 4) is 0 Å². The van der Waals surface area contributed by atoms with Gasteiger partial charge in [0, 0.05) is 12.8 Å². The summed E-state index contributed by atoms with van der Waals surface area (Å²) >= 11 is 0. The van der Waals surface area contributed by atoms with Crippen LogP contribution in [0, 0.1) is 0 Å². The predicted molar refractivity (Wildman–Crippen MR) is 291 cm³/mol. The molecule has 3 rings (SSSR count). The molecule has 0 aromatic heterocycles. The fourth-order valence-electron chi connectivity index (χ4n) is 10.1. The molecule has 16 unspecified atom stereocenters. The molecule has 2 aliphatic heterocycles. The molecule has 0 amide bonds. The van der Waals surface area contributed by atoms with Crippen molar-refractivity contribution in [2.24, 2.45) is 0 Å². The summed E-state index contributed by atoms with van der Waals surface area (Å²) in [4.78, 5) is 37.5. The van der Waals surface area contributed by atoms with Crippen molar-refractivity contribution in [3.63, 3.8) is 0 Å². The van der Waals surface area contributed by atoms with Gasteiger partial charge in [-0.05, 0) is 38.5 Å². The van der Waals surface area contributed by atoms with Gasteiger partial charge in [-0.25, -0.2) is 4.57 Å². The Balaban J connectivity index is 1.70. The molecular formula is C56H103O23P. The van der Waals surface area contributed by atoms with E-state index in [2.05, 4.69) is 26.0 Å². The average molecular weight is 1180 g/mol. The number of allylic oxidation sites excluding steroid dienone is 2. The predicted octanol–water partition coefficient (Wildman–Crippen LogP) is 4.32. The van der Waals surface area contributed by atoms with Crippen LogP contribution in [0.4, 0.5) is 0 Å². The summed E-state index contributed by atoms with van der Waals surface area (Å²) in [5, 5.41) is 117. The summed E-state index contributed by atoms with van der Waals surface area (Å²) in [5.41, 5.74) is 0. The van der Waals surface area contributed by atoms with Gasteiger partial charge in [0.25, 0.3) is 0 Å². The number of aliphatic hydroxyl groups excluding tert-OH is 11. The number of carbonyl (C=O) groups is 2. The van der Waals surface area contributed by atoms with Crippen LogP contribution in [-0.4, -0.2) is 204 Å². The molecule has 2 heterocycles. The number of carbonyl (C=O) groups excluding carboxylic acids is 2. The van der Waals surface area contributed by atoms with Gasteiger partial charge in [0.1, 0.15) is 92.1 Å². The van der Waals surface area contributed by atoms with Crippen LogP contribution in [0.3, 0.4) is 0 Å². The van der Waals surface area contributed by atoms with E-state index in [9.17, 15) is 75.2 Å². The van der Waals surface area contributed by atoms with Crippen LogP contribution in [0.1, 0.15) is 200 Å². The number of rotatable bonds is 44. The highest BCUT2D eigenvalue weighted by molar-refractivity contribution is 7.47. The molecule has 0 spiro atoms. The first-order valence-corrected chi connectivity index (χ1v) is 31.5. The normalized spacial score (nSPS) is 31.3. The van der Waals surface area contributed by atoms with Crippen molar-refractivity contribution >= 4 is 19.8 Å². The van der Waals surface area contributed by atoms with E-state index in [1.807, 2.05) is 0 Å². The van der Waals surface area contributed by atoms with E-state index >= 15 is 0 Å². The summed E-state index contributed by atoms with van der Waals surface area (Å²) in [6, 6.07) is 0. The third kappa shape index (κ3) is 26.6. The first-order chi connectivity index (χ1) is 38.4. The monoisotopic (exact) mass is 1170 g/mol. The molecule has 1 saturated carbocycles. The van der Waals surface area contributed by atoms with Crippen molar-refractivity contribution in [2.75, 3.05) is 26.4 Å². The molecule has 23 nitrogen and oxygen atoms in total. The van der Waals surface area contributed by atoms with Crippen LogP contribution in [0.15, 0.2) is 12.2 Å². The van der Waals surface area contributed by atoms with Gasteiger partial charge in [0.15, 0.2) is 18.7 Å². The van der Waals surface area contributed by atoms with Gasteiger partial charge in [0.05, 0.1) is 19.8 Å². The second-order valence-electron chi connectivity index (χ2n) is 21.9. The maximum Gasteiger partial charge on any atom is 0.472 e. The van der Waals surface area contributed by atoms with Crippen LogP contribution in [0.5, 0.6) is 0 Å². The summed E-state index contributed by atoms with van der Waals surface area (Å²) in [6.07, 6.45) is -0.921. The van der Waals surface area contributed by atoms with Gasteiger partial charge in [0.2, 0.25) is 0 Å². The molecule has 80 heavy (non-hydrogen) atoms. The quantitative estimate of drug-likeness (QED) is 0.0175. The van der Waals surface area contributed by atoms with Crippen LogP contribution in [0.25, 0.3) is 0 Å². The van der Waals surface area contributed by atoms with Crippen LogP contribution in [-0.2, 0) is 51.6 Å². The number of hydrogen-bond donors (Lipinski definition) is 12. The number of ether oxygens (including phenoxy) is 6. The second-order valence-corrected chi connectivity index (χ2v) is 23.3. The van der Waals surface area contributed by atoms with Crippen molar-refractivity contribution in [2.45, 2.75) is 304 Å². The van der Waals surface area contributed by atoms with E-state index in [1.165, 1.54) is 103 Å². The highest BCUT2D eigenvalue weighted by Gasteiger charge is 2.58. The number of phosphoric acid groups is 1. The number of esters is 2. The van der Waals surface area contributed by atoms with Gasteiger partial charge >= 0.3 is 19.8 Å². The minimum absolute atomic E-state index is 0.0489. The Hall–Kier alpha value is -1.81. The van der Waals surface area contributed by atoms with Crippen molar-refractivity contribution < 1.29 is 113 Å². The van der Waals surface area contributed by atoms with Crippen molar-refractivity contribution in [1.29, 1.82) is 0 Å². The maximum atomic E-state index is 14.0. The Morgan fingerprint density at radius 2 is 0.825 bits per heavy atom. The minimum Gasteiger partial charge on any atom is -0.462 e. The summed E-state index contributed by atoms with van der Waals surface area (Å²) in [6.45, 7) is 1.00. The zero-order chi connectivity index (χ0) is 58.9. The lowest BCUT2D eigenvalue weighted by molar-refractivity contribution is -0.360. The van der Waals surface area contributed by atoms with Crippen molar-refractivity contribution in [1.82, 2.24) is 0 Å². The first-order valence-electron chi connectivity index (χ1n) is 30.0. The molecule has 12 N–H and O–H groups in total. The fourth-order valence-corrected chi connectivity index (χ4v) is 11.0. The van der Waals surface area contributed by atoms with E-state index < -0.39 is 150 Å². The molecule has 0 aromatic carbocycles. The summed E-state index contributed by atoms with van der Waals surface area (Å²) in [7, 11) is -5.64. The van der Waals surface area contributed by atoms with Gasteiger partial charge in [-0.1, -0.05) is 161 Å². The first kappa shape index (κ1) is 72.4. The highest BCUT2D eigenvalue weighted by atomic mass is 31.2. The fraction of sp³-hybridized carbons (Fsp3) is 0.929. The van der Waals surface area contributed by atoms with E-state index in [-0.39, 0.29) is 12.8 Å². The number of unbranched alkanes of at least 4 members (excludes halogenated alkanes) is 24. The molecule has 24 heteroatoms. The molecule has 16 atom stereocenters. The van der Waals surface area contributed by atoms with E-state index in [0.717, 1.165) is 51.4 Å². The lowest BCUT2D eigenvalue weighted by Gasteiger charge is -2.49. The SMILES string of the molecule is CCCCCCCCCC=CCCCCCC(=O)OC(COC(=O)CCCCCCCCCCCCCCCCC)COP(=O)(O)OC1C(OC2OC(CO)C(O)C(O)C2O)C(O)C(O)C(O)C1OC1OC(CO)C(O)C(O)C1O. The Kier molecular flexibility index (Phi) is 37.4. The molecule has 0 aromatic rings. The number of phosphoric ester groups is 1. The van der Waals surface area contributed by atoms with Gasteiger partial charge in [-0.15, -0.1) is 0 Å². The second kappa shape index (κ2) is 41.3. The number of hydrogen-bond acceptors (Lipinski definition) is 22. The summed E-state index contributed by atoms with van der Waals surface area (Å²) < 4.78 is 58.1. The molecular weight excluding hydrogens is 1070 g/mol. The Morgan fingerprint density at radius 3 is 1.24 bits per heavy atom. The van der Waals surface area contributed by atoms with Gasteiger partial charge in [-0.2, -0.15) is 0 Å². The van der Waals surface area contributed by atoms with Crippen LogP contribution < -0.4 is 0 Å². The third-order valence-electron chi connectivity index (χ3n) is 15.1. The lowest BCUT2D eigenvalue weighted by atomic mass is 9.84. The molecule has 470 valence electrons. The zero-order valence-electron chi connectivity index (χ0n) is 47.6. The summed E-state index contributed by atoms with van der Waals surface area (Å²) in [5.74, 6) is -1.34. The molecule has 3 aliphatic rings. The van der Waals surface area contributed by atoms with E-state index in [0.29, 0.717) is 19.3 Å². The average Bonchev–Trinajstić information content (AvgIpc) is 3.46. The van der Waals surface area contributed by atoms with Crippen LogP contribution in [0.2, 0.25) is 0 Å². The lowest BCUT2D eigenvalue weighted by Crippen LogP contribution is -2.69. The Labute approximate surface area is 473 Å². The molecule has 0 bridgehead atoms. The van der Waals surface area contributed by atoms with E-state index in [4.69, 9.17) is 37.5 Å².